The van der Waals surface area contributed by atoms with Crippen LogP contribution in [0.2, 0.25) is 0 Å². The maximum atomic E-state index is 7.51. The Labute approximate surface area is 108 Å². The van der Waals surface area contributed by atoms with Gasteiger partial charge >= 0.3 is 0 Å². The zero-order valence-corrected chi connectivity index (χ0v) is 11.0. The molecule has 0 saturated carbocycles. The van der Waals surface area contributed by atoms with E-state index >= 15 is 0 Å². The number of hydrogen-bond acceptors (Lipinski definition) is 4. The topological polar surface area (TPSA) is 59.5 Å². The number of rotatable bonds is 3. The fourth-order valence-corrected chi connectivity index (χ4v) is 3.19. The predicted octanol–water partition coefficient (Wildman–Crippen LogP) is 2.19. The smallest absolute Gasteiger partial charge is 0.152 e. The van der Waals surface area contributed by atoms with Crippen molar-refractivity contribution >= 4 is 27.9 Å². The summed E-state index contributed by atoms with van der Waals surface area (Å²) in [6.45, 7) is 2.70. The van der Waals surface area contributed by atoms with Gasteiger partial charge in [0.25, 0.3) is 0 Å². The minimum absolute atomic E-state index is 0.683. The number of nitrogens with one attached hydrogen (secondary N) is 1. The molecular formula is C12H13N5S. The highest BCUT2D eigenvalue weighted by Crippen LogP contribution is 2.29. The van der Waals surface area contributed by atoms with Gasteiger partial charge in [0.15, 0.2) is 5.65 Å². The lowest BCUT2D eigenvalue weighted by atomic mass is 10.3. The van der Waals surface area contributed by atoms with Crippen molar-refractivity contribution in [3.63, 3.8) is 0 Å². The number of hydrogen-bond donors (Lipinski definition) is 1. The summed E-state index contributed by atoms with van der Waals surface area (Å²) in [7, 11) is 1.99. The van der Waals surface area contributed by atoms with Gasteiger partial charge in [0, 0.05) is 36.9 Å². The van der Waals surface area contributed by atoms with E-state index in [1.807, 2.05) is 35.5 Å². The molecule has 0 radical (unpaired) electrons. The van der Waals surface area contributed by atoms with Gasteiger partial charge in [-0.15, -0.1) is 11.3 Å². The van der Waals surface area contributed by atoms with E-state index in [1.54, 1.807) is 17.5 Å². The summed E-state index contributed by atoms with van der Waals surface area (Å²) < 4.78 is 4.99. The molecule has 1 N–H and O–H groups in total. The fraction of sp³-hybridized carbons (Fsp3) is 0.250. The minimum Gasteiger partial charge on any atom is -0.332 e. The maximum absolute atomic E-state index is 7.51. The van der Waals surface area contributed by atoms with Gasteiger partial charge in [-0.3, -0.25) is 4.68 Å². The van der Waals surface area contributed by atoms with E-state index in [0.29, 0.717) is 6.54 Å². The molecule has 0 saturated heterocycles. The van der Waals surface area contributed by atoms with Gasteiger partial charge in [-0.05, 0) is 13.0 Å². The second kappa shape index (κ2) is 4.06. The summed E-state index contributed by atoms with van der Waals surface area (Å²) >= 11 is 1.64. The predicted molar refractivity (Wildman–Crippen MR) is 72.5 cm³/mol. The third-order valence-corrected chi connectivity index (χ3v) is 4.17. The van der Waals surface area contributed by atoms with Crippen LogP contribution in [0.3, 0.4) is 0 Å². The van der Waals surface area contributed by atoms with Crippen LogP contribution in [-0.2, 0) is 13.6 Å². The second-order valence-corrected chi connectivity index (χ2v) is 5.25. The van der Waals surface area contributed by atoms with Crippen LogP contribution in [0.1, 0.15) is 16.3 Å². The Morgan fingerprint density at radius 1 is 1.50 bits per heavy atom. The molecule has 18 heavy (non-hydrogen) atoms. The quantitative estimate of drug-likeness (QED) is 0.733. The van der Waals surface area contributed by atoms with Gasteiger partial charge in [-0.2, -0.15) is 5.10 Å². The largest absolute Gasteiger partial charge is 0.332 e. The van der Waals surface area contributed by atoms with Gasteiger partial charge in [0.2, 0.25) is 0 Å². The zero-order valence-electron chi connectivity index (χ0n) is 10.2. The van der Waals surface area contributed by atoms with E-state index < -0.39 is 0 Å². The van der Waals surface area contributed by atoms with E-state index in [9.17, 15) is 0 Å². The molecule has 3 rings (SSSR count). The molecule has 3 aromatic heterocycles. The van der Waals surface area contributed by atoms with Crippen molar-refractivity contribution in [2.75, 3.05) is 0 Å². The lowest BCUT2D eigenvalue weighted by Gasteiger charge is -1.98. The Balaban J connectivity index is 2.09. The normalized spacial score (nSPS) is 11.2. The Morgan fingerprint density at radius 2 is 2.33 bits per heavy atom. The summed E-state index contributed by atoms with van der Waals surface area (Å²) in [5.41, 5.74) is 3.01. The lowest BCUT2D eigenvalue weighted by molar-refractivity contribution is 0.683. The molecule has 0 atom stereocenters. The van der Waals surface area contributed by atoms with Crippen LogP contribution in [0.4, 0.5) is 0 Å². The molecule has 0 bridgehead atoms. The van der Waals surface area contributed by atoms with Crippen molar-refractivity contribution in [1.29, 1.82) is 5.41 Å². The van der Waals surface area contributed by atoms with Gasteiger partial charge in [-0.25, -0.2) is 4.98 Å². The van der Waals surface area contributed by atoms with Crippen molar-refractivity contribution < 1.29 is 0 Å². The fourth-order valence-electron chi connectivity index (χ4n) is 2.03. The molecule has 0 fully saturated rings. The highest BCUT2D eigenvalue weighted by Gasteiger charge is 2.15. The van der Waals surface area contributed by atoms with E-state index in [4.69, 9.17) is 5.41 Å². The van der Waals surface area contributed by atoms with E-state index in [0.717, 1.165) is 26.6 Å². The average Bonchev–Trinajstić information content (AvgIpc) is 3.03. The zero-order chi connectivity index (χ0) is 12.7. The van der Waals surface area contributed by atoms with Crippen molar-refractivity contribution in [2.24, 2.45) is 7.05 Å². The molecule has 0 aliphatic rings. The number of nitrogens with zero attached hydrogens (tertiary/aromatic N) is 4. The number of fused-ring (bicyclic) bond motifs is 1. The third-order valence-electron chi connectivity index (χ3n) is 3.11. The van der Waals surface area contributed by atoms with Crippen LogP contribution in [0, 0.1) is 12.3 Å². The second-order valence-electron chi connectivity index (χ2n) is 4.17. The summed E-state index contributed by atoms with van der Waals surface area (Å²) in [6, 6.07) is 1.90. The molecule has 0 spiro atoms. The molecule has 3 heterocycles. The van der Waals surface area contributed by atoms with Gasteiger partial charge < -0.3 is 9.98 Å². The summed E-state index contributed by atoms with van der Waals surface area (Å²) in [6.07, 6.45) is 5.10. The molecule has 0 aliphatic heterocycles. The average molecular weight is 259 g/mol. The first kappa shape index (κ1) is 11.2. The van der Waals surface area contributed by atoms with Crippen LogP contribution >= 0.6 is 11.3 Å². The summed E-state index contributed by atoms with van der Waals surface area (Å²) in [5.74, 6) is 0. The Morgan fingerprint density at radius 3 is 3.00 bits per heavy atom. The first-order valence-corrected chi connectivity index (χ1v) is 6.45. The monoisotopic (exact) mass is 259 g/mol. The van der Waals surface area contributed by atoms with Gasteiger partial charge in [-0.1, -0.05) is 0 Å². The Kier molecular flexibility index (Phi) is 2.52. The van der Waals surface area contributed by atoms with Crippen LogP contribution in [0.5, 0.6) is 0 Å². The van der Waals surface area contributed by atoms with E-state index in [2.05, 4.69) is 10.1 Å². The molecule has 6 heteroatoms. The Bertz CT molecular complexity index is 705. The van der Waals surface area contributed by atoms with Crippen molar-refractivity contribution in [3.05, 3.63) is 34.7 Å². The van der Waals surface area contributed by atoms with Gasteiger partial charge in [0.05, 0.1) is 11.2 Å². The van der Waals surface area contributed by atoms with E-state index in [1.165, 1.54) is 6.21 Å². The molecule has 0 amide bonds. The molecule has 5 nitrogen and oxygen atoms in total. The Hall–Kier alpha value is -1.95. The maximum Gasteiger partial charge on any atom is 0.152 e. The van der Waals surface area contributed by atoms with Crippen molar-refractivity contribution in [2.45, 2.75) is 13.5 Å². The van der Waals surface area contributed by atoms with Crippen LogP contribution in [0.15, 0.2) is 18.5 Å². The summed E-state index contributed by atoms with van der Waals surface area (Å²) in [4.78, 5) is 4.63. The molecule has 0 aliphatic carbocycles. The summed E-state index contributed by atoms with van der Waals surface area (Å²) in [5, 5.41) is 12.7. The lowest BCUT2D eigenvalue weighted by Crippen LogP contribution is -2.00. The van der Waals surface area contributed by atoms with Crippen LogP contribution in [0.25, 0.3) is 10.3 Å². The molecule has 0 aromatic carbocycles. The molecule has 92 valence electrons. The van der Waals surface area contributed by atoms with E-state index in [-0.39, 0.29) is 0 Å². The highest BCUT2D eigenvalue weighted by atomic mass is 32.1. The van der Waals surface area contributed by atoms with Crippen molar-refractivity contribution in [1.82, 2.24) is 19.3 Å². The minimum atomic E-state index is 0.683. The molecular weight excluding hydrogens is 246 g/mol. The number of aromatic nitrogens is 4. The third kappa shape index (κ3) is 1.57. The standard InChI is InChI=1S/C12H13N5S/c1-8-9(6-13)11-12(16(8)2)15-10(18-11)7-17-5-3-4-14-17/h3-6,13H,7H2,1-2H3. The first-order chi connectivity index (χ1) is 8.70. The van der Waals surface area contributed by atoms with Gasteiger partial charge in [0.1, 0.15) is 5.01 Å². The van der Waals surface area contributed by atoms with Crippen LogP contribution in [-0.4, -0.2) is 25.5 Å². The van der Waals surface area contributed by atoms with Crippen LogP contribution < -0.4 is 0 Å². The first-order valence-electron chi connectivity index (χ1n) is 5.63. The van der Waals surface area contributed by atoms with Crippen molar-refractivity contribution in [3.8, 4) is 0 Å². The number of aryl methyl sites for hydroxylation is 1. The highest BCUT2D eigenvalue weighted by molar-refractivity contribution is 7.19. The molecule has 0 unspecified atom stereocenters. The number of thiazole rings is 1. The SMILES string of the molecule is Cc1c(C=N)c2sc(Cn3cccn3)nc2n1C. The molecule has 3 aromatic rings.